The maximum absolute atomic E-state index is 13.0. The van der Waals surface area contributed by atoms with Crippen LogP contribution in [-0.4, -0.2) is 36.8 Å². The van der Waals surface area contributed by atoms with Crippen LogP contribution < -0.4 is 5.32 Å². The van der Waals surface area contributed by atoms with Crippen LogP contribution >= 0.6 is 11.8 Å². The van der Waals surface area contributed by atoms with E-state index in [2.05, 4.69) is 27.0 Å². The van der Waals surface area contributed by atoms with Crippen molar-refractivity contribution in [3.8, 4) is 0 Å². The number of carbonyl (C=O) groups excluding carboxylic acids is 2. The summed E-state index contributed by atoms with van der Waals surface area (Å²) in [4.78, 5) is 25.0. The third kappa shape index (κ3) is 4.27. The van der Waals surface area contributed by atoms with E-state index in [0.29, 0.717) is 17.5 Å². The van der Waals surface area contributed by atoms with Crippen LogP contribution in [0.5, 0.6) is 0 Å². The molecular weight excluding hydrogens is 414 g/mol. The van der Waals surface area contributed by atoms with Crippen molar-refractivity contribution in [1.29, 1.82) is 0 Å². The number of Topliss-reactive ketones (excluding diaryl/α,β-unsaturated/α-hetero) is 1. The van der Waals surface area contributed by atoms with E-state index < -0.39 is 0 Å². The van der Waals surface area contributed by atoms with Crippen molar-refractivity contribution in [2.75, 3.05) is 5.75 Å². The number of hydrogen-bond donors (Lipinski definition) is 1. The molecule has 160 valence electrons. The molecule has 0 aliphatic carbocycles. The van der Waals surface area contributed by atoms with E-state index in [1.807, 2.05) is 42.0 Å². The van der Waals surface area contributed by atoms with Gasteiger partial charge in [0.1, 0.15) is 0 Å². The second-order valence-electron chi connectivity index (χ2n) is 6.86. The van der Waals surface area contributed by atoms with Crippen LogP contribution in [0.2, 0.25) is 0 Å². The molecule has 3 aromatic heterocycles. The van der Waals surface area contributed by atoms with Crippen LogP contribution in [0.3, 0.4) is 0 Å². The summed E-state index contributed by atoms with van der Waals surface area (Å²) in [6.45, 7) is 5.69. The number of amides is 1. The number of carbonyl (C=O) groups is 2. The zero-order valence-corrected chi connectivity index (χ0v) is 18.2. The Bertz CT molecular complexity index is 1210. The molecule has 1 amide bonds. The van der Waals surface area contributed by atoms with Crippen LogP contribution in [0, 0.1) is 0 Å². The number of thioether (sulfide) groups is 1. The number of para-hydroxylation sites is 1. The molecule has 4 rings (SSSR count). The molecule has 0 spiro atoms. The lowest BCUT2D eigenvalue weighted by molar-refractivity contribution is 0.0921. The minimum absolute atomic E-state index is 0.0479. The van der Waals surface area contributed by atoms with Gasteiger partial charge in [-0.25, -0.2) is 0 Å². The van der Waals surface area contributed by atoms with Gasteiger partial charge in [0, 0.05) is 35.8 Å². The molecule has 0 fully saturated rings. The maximum atomic E-state index is 13.0. The summed E-state index contributed by atoms with van der Waals surface area (Å²) < 4.78 is 9.08. The Kier molecular flexibility index (Phi) is 6.22. The fourth-order valence-electron chi connectivity index (χ4n) is 3.47. The van der Waals surface area contributed by atoms with Crippen molar-refractivity contribution in [2.45, 2.75) is 38.6 Å². The van der Waals surface area contributed by atoms with Gasteiger partial charge in [0.25, 0.3) is 5.91 Å². The first-order valence-electron chi connectivity index (χ1n) is 10.1. The number of furan rings is 1. The second kappa shape index (κ2) is 9.22. The maximum Gasteiger partial charge on any atom is 0.287 e. The normalized spacial score (nSPS) is 11.2. The first-order valence-corrected chi connectivity index (χ1v) is 11.1. The quantitative estimate of drug-likeness (QED) is 0.316. The number of fused-ring (bicyclic) bond motifs is 1. The van der Waals surface area contributed by atoms with Crippen LogP contribution in [0.25, 0.3) is 10.9 Å². The number of nitrogens with one attached hydrogen (secondary N) is 1. The van der Waals surface area contributed by atoms with Crippen LogP contribution in [-0.2, 0) is 19.6 Å². The third-order valence-electron chi connectivity index (χ3n) is 5.02. The number of aryl methyl sites for hydroxylation is 1. The van der Waals surface area contributed by atoms with Crippen molar-refractivity contribution < 1.29 is 14.0 Å². The highest BCUT2D eigenvalue weighted by atomic mass is 32.2. The SMILES string of the molecule is CCn1c(CNC(=O)c2ccco2)nnc1SCC(=O)c1cn(CC)c2ccccc12. The van der Waals surface area contributed by atoms with Crippen LogP contribution in [0.4, 0.5) is 0 Å². The van der Waals surface area contributed by atoms with Gasteiger partial charge in [-0.2, -0.15) is 0 Å². The van der Waals surface area contributed by atoms with Crippen LogP contribution in [0.15, 0.2) is 58.4 Å². The van der Waals surface area contributed by atoms with E-state index >= 15 is 0 Å². The molecule has 1 N–H and O–H groups in total. The largest absolute Gasteiger partial charge is 0.459 e. The number of rotatable bonds is 9. The summed E-state index contributed by atoms with van der Waals surface area (Å²) in [6, 6.07) is 11.2. The summed E-state index contributed by atoms with van der Waals surface area (Å²) in [5.74, 6) is 0.863. The first kappa shape index (κ1) is 20.9. The molecule has 4 aromatic rings. The van der Waals surface area contributed by atoms with Crippen molar-refractivity contribution in [3.05, 3.63) is 66.0 Å². The summed E-state index contributed by atoms with van der Waals surface area (Å²) >= 11 is 1.35. The lowest BCUT2D eigenvalue weighted by Gasteiger charge is -2.07. The van der Waals surface area contributed by atoms with Gasteiger partial charge >= 0.3 is 0 Å². The smallest absolute Gasteiger partial charge is 0.287 e. The highest BCUT2D eigenvalue weighted by Crippen LogP contribution is 2.25. The van der Waals surface area contributed by atoms with Gasteiger partial charge in [-0.1, -0.05) is 30.0 Å². The van der Waals surface area contributed by atoms with Crippen LogP contribution in [0.1, 0.15) is 40.6 Å². The molecule has 1 aromatic carbocycles. The predicted molar refractivity (Wildman–Crippen MR) is 118 cm³/mol. The molecule has 0 unspecified atom stereocenters. The van der Waals surface area contributed by atoms with E-state index in [9.17, 15) is 9.59 Å². The van der Waals surface area contributed by atoms with Gasteiger partial charge in [0.2, 0.25) is 0 Å². The van der Waals surface area contributed by atoms with E-state index in [1.165, 1.54) is 18.0 Å². The molecule has 9 heteroatoms. The third-order valence-corrected chi connectivity index (χ3v) is 5.99. The van der Waals surface area contributed by atoms with Crippen molar-refractivity contribution in [3.63, 3.8) is 0 Å². The standard InChI is InChI=1S/C22H23N5O3S/c1-3-26-13-16(15-8-5-6-9-17(15)26)18(28)14-31-22-25-24-20(27(22)4-2)12-23-21(29)19-10-7-11-30-19/h5-11,13H,3-4,12,14H2,1-2H3,(H,23,29). The average Bonchev–Trinajstić information content (AvgIpc) is 3.54. The molecule has 0 saturated carbocycles. The van der Waals surface area contributed by atoms with Gasteiger partial charge < -0.3 is 18.9 Å². The predicted octanol–water partition coefficient (Wildman–Crippen LogP) is 3.77. The van der Waals surface area contributed by atoms with Gasteiger partial charge in [0.15, 0.2) is 22.5 Å². The van der Waals surface area contributed by atoms with E-state index in [-0.39, 0.29) is 29.7 Å². The lowest BCUT2D eigenvalue weighted by atomic mass is 10.1. The van der Waals surface area contributed by atoms with Gasteiger partial charge in [-0.05, 0) is 32.0 Å². The Balaban J connectivity index is 1.44. The molecule has 0 atom stereocenters. The van der Waals surface area contributed by atoms with E-state index in [1.54, 1.807) is 12.1 Å². The monoisotopic (exact) mass is 437 g/mol. The van der Waals surface area contributed by atoms with E-state index in [0.717, 1.165) is 23.0 Å². The summed E-state index contributed by atoms with van der Waals surface area (Å²) in [5.41, 5.74) is 1.78. The zero-order valence-electron chi connectivity index (χ0n) is 17.4. The fraction of sp³-hybridized carbons (Fsp3) is 0.273. The Morgan fingerprint density at radius 2 is 1.94 bits per heavy atom. The highest BCUT2D eigenvalue weighted by molar-refractivity contribution is 7.99. The Labute approximate surface area is 183 Å². The van der Waals surface area contributed by atoms with Gasteiger partial charge in [0.05, 0.1) is 18.6 Å². The van der Waals surface area contributed by atoms with Crippen molar-refractivity contribution >= 4 is 34.4 Å². The number of aromatic nitrogens is 4. The molecule has 0 bridgehead atoms. The number of nitrogens with zero attached hydrogens (tertiary/aromatic N) is 4. The Morgan fingerprint density at radius 3 is 2.68 bits per heavy atom. The summed E-state index contributed by atoms with van der Waals surface area (Å²) in [6.07, 6.45) is 3.38. The molecule has 0 aliphatic heterocycles. The molecule has 0 radical (unpaired) electrons. The van der Waals surface area contributed by atoms with Crippen molar-refractivity contribution in [2.24, 2.45) is 0 Å². The minimum atomic E-state index is -0.313. The molecule has 0 aliphatic rings. The highest BCUT2D eigenvalue weighted by Gasteiger charge is 2.18. The molecule has 31 heavy (non-hydrogen) atoms. The summed E-state index contributed by atoms with van der Waals surface area (Å²) in [5, 5.41) is 12.8. The van der Waals surface area contributed by atoms with Gasteiger partial charge in [-0.3, -0.25) is 9.59 Å². The lowest BCUT2D eigenvalue weighted by Crippen LogP contribution is -2.24. The molecular formula is C22H23N5O3S. The Hall–Kier alpha value is -3.33. The minimum Gasteiger partial charge on any atom is -0.459 e. The average molecular weight is 438 g/mol. The first-order chi connectivity index (χ1) is 15.1. The number of ketones is 1. The Morgan fingerprint density at radius 1 is 1.10 bits per heavy atom. The second-order valence-corrected chi connectivity index (χ2v) is 7.80. The molecule has 0 saturated heterocycles. The molecule has 8 nitrogen and oxygen atoms in total. The number of hydrogen-bond acceptors (Lipinski definition) is 6. The number of benzene rings is 1. The van der Waals surface area contributed by atoms with Gasteiger partial charge in [-0.15, -0.1) is 10.2 Å². The van der Waals surface area contributed by atoms with E-state index in [4.69, 9.17) is 4.42 Å². The molecule has 3 heterocycles. The topological polar surface area (TPSA) is 95.0 Å². The summed E-state index contributed by atoms with van der Waals surface area (Å²) in [7, 11) is 0. The fourth-order valence-corrected chi connectivity index (χ4v) is 4.37. The zero-order chi connectivity index (χ0) is 21.8. The van der Waals surface area contributed by atoms with Crippen molar-refractivity contribution in [1.82, 2.24) is 24.6 Å².